The quantitative estimate of drug-likeness (QED) is 0.124. The minimum absolute atomic E-state index is 0. The Morgan fingerprint density at radius 3 is 1.83 bits per heavy atom. The maximum absolute atomic E-state index is 12.8. The molecule has 1 radical (unpaired) electrons. The summed E-state index contributed by atoms with van der Waals surface area (Å²) in [7, 11) is 0. The summed E-state index contributed by atoms with van der Waals surface area (Å²) in [6, 6.07) is 35.5. The molecule has 10 nitrogen and oxygen atoms in total. The summed E-state index contributed by atoms with van der Waals surface area (Å²) in [6.07, 6.45) is 14.0. The fourth-order valence-corrected chi connectivity index (χ4v) is 7.12. The Morgan fingerprint density at radius 1 is 0.692 bits per heavy atom. The molecule has 2 aliphatic heterocycles. The number of ether oxygens (including phenoxy) is 3. The van der Waals surface area contributed by atoms with Crippen molar-refractivity contribution < 1.29 is 38.7 Å². The molecule has 0 unspecified atom stereocenters. The van der Waals surface area contributed by atoms with Gasteiger partial charge in [-0.3, -0.25) is 14.4 Å². The predicted molar refractivity (Wildman–Crippen MR) is 253 cm³/mol. The molecule has 0 aliphatic carbocycles. The minimum atomic E-state index is -0.300. The van der Waals surface area contributed by atoms with Crippen molar-refractivity contribution in [2.75, 3.05) is 0 Å². The topological polar surface area (TPSA) is 137 Å². The summed E-state index contributed by atoms with van der Waals surface area (Å²) < 4.78 is 23.1. The average molecular weight is 1040 g/mol. The van der Waals surface area contributed by atoms with Gasteiger partial charge in [0.05, 0.1) is 11.0 Å². The van der Waals surface area contributed by atoms with Crippen LogP contribution >= 0.6 is 0 Å². The number of rotatable bonds is 6. The second kappa shape index (κ2) is 19.8. The van der Waals surface area contributed by atoms with Crippen LogP contribution in [0.2, 0.25) is 0 Å². The Hall–Kier alpha value is -7.59. The molecule has 4 aromatic carbocycles. The first-order chi connectivity index (χ1) is 30.9. The number of aromatic nitrogens is 3. The number of aromatic amines is 2. The number of nitrogens with one attached hydrogen (secondary N) is 2. The third-order valence-electron chi connectivity index (χ3n) is 10.1. The summed E-state index contributed by atoms with van der Waals surface area (Å²) in [6.45, 7) is 13.4. The molecule has 0 amide bonds. The SMILES string of the molecule is C=CC1=CCc2cc(-c3cc(=O)cc[nH]3)ccc2O1.C=CC1=CCc2cc(-c3cc(=O)cc[nH]3)ccc2O1.CC(C)(C)Oc1ccnc(-c2[c-]cc3oc4ccccc4c(=O)c3c2)c1.[Ir]. The Balaban J connectivity index is 0.000000147. The zero-order valence-corrected chi connectivity index (χ0v) is 38.3. The van der Waals surface area contributed by atoms with Crippen LogP contribution in [-0.2, 0) is 32.9 Å². The maximum Gasteiger partial charge on any atom is 0.182 e. The van der Waals surface area contributed by atoms with Crippen LogP contribution in [0.3, 0.4) is 0 Å². The molecule has 11 heteroatoms. The van der Waals surface area contributed by atoms with Crippen molar-refractivity contribution in [1.29, 1.82) is 0 Å². The van der Waals surface area contributed by atoms with E-state index in [0.717, 1.165) is 80.8 Å². The molecule has 327 valence electrons. The van der Waals surface area contributed by atoms with Gasteiger partial charge in [-0.15, -0.1) is 23.8 Å². The van der Waals surface area contributed by atoms with Gasteiger partial charge in [0.15, 0.2) is 16.3 Å². The number of nitrogens with zero attached hydrogens (tertiary/aromatic N) is 1. The Bertz CT molecular complexity index is 3190. The molecule has 0 spiro atoms. The van der Waals surface area contributed by atoms with Crippen LogP contribution in [-0.4, -0.2) is 20.6 Å². The van der Waals surface area contributed by atoms with Gasteiger partial charge in [0, 0.05) is 74.3 Å². The van der Waals surface area contributed by atoms with Gasteiger partial charge in [-0.25, -0.2) is 0 Å². The summed E-state index contributed by atoms with van der Waals surface area (Å²) in [5.41, 5.74) is 7.94. The molecule has 0 fully saturated rings. The second-order valence-electron chi connectivity index (χ2n) is 15.9. The number of pyridine rings is 3. The Morgan fingerprint density at radius 2 is 1.28 bits per heavy atom. The van der Waals surface area contributed by atoms with Crippen molar-refractivity contribution >= 4 is 21.9 Å². The number of benzene rings is 4. The molecule has 4 aromatic heterocycles. The first-order valence-corrected chi connectivity index (χ1v) is 20.6. The molecule has 10 rings (SSSR count). The Labute approximate surface area is 388 Å². The number of fused-ring (bicyclic) bond motifs is 4. The van der Waals surface area contributed by atoms with Crippen LogP contribution in [0, 0.1) is 6.07 Å². The van der Waals surface area contributed by atoms with Gasteiger partial charge in [0.25, 0.3) is 0 Å². The molecule has 0 saturated heterocycles. The molecule has 0 saturated carbocycles. The molecule has 65 heavy (non-hydrogen) atoms. The van der Waals surface area contributed by atoms with E-state index in [-0.39, 0.29) is 42.0 Å². The largest absolute Gasteiger partial charge is 0.500 e. The molecule has 8 aromatic rings. The molecule has 2 N–H and O–H groups in total. The first kappa shape index (κ1) is 45.4. The van der Waals surface area contributed by atoms with Crippen LogP contribution in [0.1, 0.15) is 31.9 Å². The van der Waals surface area contributed by atoms with Crippen LogP contribution in [0.15, 0.2) is 196 Å². The van der Waals surface area contributed by atoms with E-state index in [1.165, 1.54) is 12.1 Å². The van der Waals surface area contributed by atoms with Gasteiger partial charge < -0.3 is 33.6 Å². The zero-order chi connectivity index (χ0) is 44.8. The molecule has 0 atom stereocenters. The van der Waals surface area contributed by atoms with E-state index < -0.39 is 0 Å². The minimum Gasteiger partial charge on any atom is -0.500 e. The van der Waals surface area contributed by atoms with E-state index in [4.69, 9.17) is 18.6 Å². The number of H-pyrrole nitrogens is 2. The average Bonchev–Trinajstić information content (AvgIpc) is 3.31. The van der Waals surface area contributed by atoms with Gasteiger partial charge in [-0.1, -0.05) is 25.3 Å². The fourth-order valence-electron chi connectivity index (χ4n) is 7.12. The Kier molecular flexibility index (Phi) is 13.9. The van der Waals surface area contributed by atoms with E-state index in [9.17, 15) is 14.4 Å². The van der Waals surface area contributed by atoms with E-state index in [1.54, 1.807) is 67.1 Å². The smallest absolute Gasteiger partial charge is 0.182 e. The number of hydrogen-bond donors (Lipinski definition) is 2. The standard InChI is InChI=1S/C22H18NO3.2C16H13NO2.Ir/c1-22(2,3)26-15-10-11-23-18(13-15)14-8-9-20-17(12-14)21(24)16-6-4-5-7-19(16)25-20;2*1-2-14-5-3-12-9-11(4-6-16(12)19-14)15-10-13(18)7-8-17-15;/h4-7,9-13H,1-3H3;2*2,4-10H,1,3H2,(H,17,18);/q-1;;;. The number of para-hydroxylation sites is 1. The van der Waals surface area contributed by atoms with Gasteiger partial charge in [-0.05, 0) is 152 Å². The van der Waals surface area contributed by atoms with E-state index in [1.807, 2.05) is 93.6 Å². The zero-order valence-electron chi connectivity index (χ0n) is 35.9. The molecule has 6 heterocycles. The van der Waals surface area contributed by atoms with Crippen molar-refractivity contribution in [2.24, 2.45) is 0 Å². The predicted octanol–water partition coefficient (Wildman–Crippen LogP) is 11.1. The fraction of sp³-hybridized carbons (Fsp3) is 0.111. The van der Waals surface area contributed by atoms with E-state index in [2.05, 4.69) is 34.2 Å². The summed E-state index contributed by atoms with van der Waals surface area (Å²) in [5, 5.41) is 1.08. The van der Waals surface area contributed by atoms with Gasteiger partial charge in [0.2, 0.25) is 0 Å². The van der Waals surface area contributed by atoms with E-state index in [0.29, 0.717) is 27.6 Å². The molecular formula is C54H44IrN3O7-. The van der Waals surface area contributed by atoms with Crippen molar-refractivity contribution in [3.8, 4) is 51.0 Å². The molecule has 2 aliphatic rings. The van der Waals surface area contributed by atoms with Crippen LogP contribution < -0.4 is 30.5 Å². The van der Waals surface area contributed by atoms with Gasteiger partial charge in [-0.2, -0.15) is 0 Å². The normalized spacial score (nSPS) is 12.4. The third kappa shape index (κ3) is 11.0. The molecule has 0 bridgehead atoms. The van der Waals surface area contributed by atoms with Crippen molar-refractivity contribution in [2.45, 2.75) is 39.2 Å². The van der Waals surface area contributed by atoms with Gasteiger partial charge >= 0.3 is 0 Å². The van der Waals surface area contributed by atoms with Crippen LogP contribution in [0.25, 0.3) is 55.7 Å². The van der Waals surface area contributed by atoms with Crippen molar-refractivity contribution in [1.82, 2.24) is 15.0 Å². The van der Waals surface area contributed by atoms with Gasteiger partial charge in [0.1, 0.15) is 40.0 Å². The third-order valence-corrected chi connectivity index (χ3v) is 10.1. The van der Waals surface area contributed by atoms with Crippen LogP contribution in [0.4, 0.5) is 0 Å². The molecular weight excluding hydrogens is 995 g/mol. The van der Waals surface area contributed by atoms with E-state index >= 15 is 0 Å². The first-order valence-electron chi connectivity index (χ1n) is 20.6. The summed E-state index contributed by atoms with van der Waals surface area (Å²) in [5.74, 6) is 3.99. The van der Waals surface area contributed by atoms with Crippen molar-refractivity contribution in [3.05, 3.63) is 225 Å². The summed E-state index contributed by atoms with van der Waals surface area (Å²) >= 11 is 0. The van der Waals surface area contributed by atoms with Crippen LogP contribution in [0.5, 0.6) is 17.2 Å². The second-order valence-corrected chi connectivity index (χ2v) is 15.9. The van der Waals surface area contributed by atoms with Crippen molar-refractivity contribution in [3.63, 3.8) is 0 Å². The monoisotopic (exact) mass is 1040 g/mol. The number of allylic oxidation sites excluding steroid dienone is 4. The maximum atomic E-state index is 12.8. The summed E-state index contributed by atoms with van der Waals surface area (Å²) in [4.78, 5) is 46.1. The number of hydrogen-bond acceptors (Lipinski definition) is 8.